The largest absolute Gasteiger partial charge is 0.368 e. The number of aryl methyl sites for hydroxylation is 2. The van der Waals surface area contributed by atoms with Gasteiger partial charge in [0, 0.05) is 12.1 Å². The zero-order valence-corrected chi connectivity index (χ0v) is 18.0. The van der Waals surface area contributed by atoms with E-state index in [1.54, 1.807) is 4.90 Å². The lowest BCUT2D eigenvalue weighted by Gasteiger charge is -2.33. The Morgan fingerprint density at radius 3 is 2.70 bits per heavy atom. The number of primary amides is 1. The molecule has 0 radical (unpaired) electrons. The van der Waals surface area contributed by atoms with Crippen LogP contribution >= 0.6 is 11.8 Å². The van der Waals surface area contributed by atoms with E-state index in [0.29, 0.717) is 18.1 Å². The minimum Gasteiger partial charge on any atom is -0.368 e. The first-order chi connectivity index (χ1) is 14.5. The van der Waals surface area contributed by atoms with E-state index in [-0.39, 0.29) is 11.7 Å². The van der Waals surface area contributed by atoms with Gasteiger partial charge >= 0.3 is 0 Å². The van der Waals surface area contributed by atoms with Crippen LogP contribution in [-0.4, -0.2) is 49.7 Å². The number of amides is 2. The molecule has 0 aliphatic carbocycles. The number of piperidine rings is 1. The molecule has 1 unspecified atom stereocenters. The van der Waals surface area contributed by atoms with Crippen LogP contribution in [0.25, 0.3) is 16.8 Å². The fourth-order valence-electron chi connectivity index (χ4n) is 4.03. The van der Waals surface area contributed by atoms with E-state index in [9.17, 15) is 9.59 Å². The highest BCUT2D eigenvalue weighted by molar-refractivity contribution is 7.99. The van der Waals surface area contributed by atoms with Crippen LogP contribution in [0.1, 0.15) is 30.5 Å². The van der Waals surface area contributed by atoms with Gasteiger partial charge < -0.3 is 10.6 Å². The summed E-state index contributed by atoms with van der Waals surface area (Å²) in [5.41, 5.74) is 10.3. The van der Waals surface area contributed by atoms with Crippen LogP contribution in [0, 0.1) is 13.8 Å². The summed E-state index contributed by atoms with van der Waals surface area (Å²) in [6.45, 7) is 4.56. The van der Waals surface area contributed by atoms with E-state index in [1.165, 1.54) is 11.8 Å². The maximum atomic E-state index is 12.9. The van der Waals surface area contributed by atoms with Crippen molar-refractivity contribution in [2.24, 2.45) is 5.73 Å². The van der Waals surface area contributed by atoms with Crippen molar-refractivity contribution in [2.45, 2.75) is 44.3 Å². The van der Waals surface area contributed by atoms with Crippen LogP contribution in [0.2, 0.25) is 0 Å². The molecule has 30 heavy (non-hydrogen) atoms. The Bertz CT molecular complexity index is 1100. The molecule has 8 heteroatoms. The Labute approximate surface area is 179 Å². The van der Waals surface area contributed by atoms with E-state index >= 15 is 0 Å². The summed E-state index contributed by atoms with van der Waals surface area (Å²) in [7, 11) is 0. The monoisotopic (exact) mass is 423 g/mol. The van der Waals surface area contributed by atoms with Crippen molar-refractivity contribution in [2.75, 3.05) is 12.3 Å². The number of likely N-dealkylation sites (tertiary alicyclic amines) is 1. The number of fused-ring (bicyclic) bond motifs is 1. The number of hydrogen-bond donors (Lipinski definition) is 1. The lowest BCUT2D eigenvalue weighted by molar-refractivity contribution is -0.138. The van der Waals surface area contributed by atoms with Crippen molar-refractivity contribution >= 4 is 29.1 Å². The van der Waals surface area contributed by atoms with E-state index in [2.05, 4.69) is 5.10 Å². The third kappa shape index (κ3) is 3.92. The Hall–Kier alpha value is -2.87. The minimum atomic E-state index is -0.508. The lowest BCUT2D eigenvalue weighted by atomic mass is 10.0. The second-order valence-corrected chi connectivity index (χ2v) is 8.57. The zero-order valence-electron chi connectivity index (χ0n) is 17.2. The zero-order chi connectivity index (χ0) is 21.3. The van der Waals surface area contributed by atoms with Crippen molar-refractivity contribution in [1.82, 2.24) is 19.5 Å². The number of aromatic nitrogens is 3. The first-order valence-corrected chi connectivity index (χ1v) is 11.1. The molecule has 0 saturated carbocycles. The fraction of sp³-hybridized carbons (Fsp3) is 0.364. The van der Waals surface area contributed by atoms with Gasteiger partial charge in [-0.3, -0.25) is 9.59 Å². The normalized spacial score (nSPS) is 16.7. The fourth-order valence-corrected chi connectivity index (χ4v) is 4.86. The van der Waals surface area contributed by atoms with E-state index in [4.69, 9.17) is 10.7 Å². The highest BCUT2D eigenvalue weighted by atomic mass is 32.2. The number of nitrogens with two attached hydrogens (primary N) is 1. The highest BCUT2D eigenvalue weighted by Crippen LogP contribution is 2.31. The number of rotatable bonds is 5. The molecule has 0 bridgehead atoms. The molecule has 1 fully saturated rings. The van der Waals surface area contributed by atoms with E-state index in [1.807, 2.05) is 54.8 Å². The Morgan fingerprint density at radius 1 is 1.20 bits per heavy atom. The van der Waals surface area contributed by atoms with Gasteiger partial charge in [-0.2, -0.15) is 5.10 Å². The van der Waals surface area contributed by atoms with Crippen molar-refractivity contribution in [1.29, 1.82) is 0 Å². The van der Waals surface area contributed by atoms with Crippen molar-refractivity contribution in [3.05, 3.63) is 47.7 Å². The average Bonchev–Trinajstić information content (AvgIpc) is 3.11. The predicted octanol–water partition coefficient (Wildman–Crippen LogP) is 2.97. The quantitative estimate of drug-likeness (QED) is 0.637. The molecule has 1 saturated heterocycles. The van der Waals surface area contributed by atoms with Crippen LogP contribution in [0.15, 0.2) is 41.6 Å². The maximum absolute atomic E-state index is 12.9. The first kappa shape index (κ1) is 20.4. The molecule has 4 rings (SSSR count). The second-order valence-electron chi connectivity index (χ2n) is 7.63. The standard InChI is InChI=1S/C22H25N5O2S/c1-14-12-15(2)25-27-20(14)19(16-8-4-3-5-9-16)24-22(27)30-13-18(28)26-11-7-6-10-17(26)21(23)29/h3-5,8-9,12,17H,6-7,10-11,13H2,1-2H3,(H2,23,29). The number of carbonyl (C=O) groups is 2. The number of benzene rings is 1. The van der Waals surface area contributed by atoms with Crippen molar-refractivity contribution in [3.63, 3.8) is 0 Å². The van der Waals surface area contributed by atoms with Gasteiger partial charge in [-0.1, -0.05) is 42.1 Å². The molecule has 1 aliphatic heterocycles. The average molecular weight is 424 g/mol. The van der Waals surface area contributed by atoms with Crippen LogP contribution < -0.4 is 5.73 Å². The summed E-state index contributed by atoms with van der Waals surface area (Å²) < 4.78 is 1.83. The van der Waals surface area contributed by atoms with Gasteiger partial charge in [0.25, 0.3) is 0 Å². The van der Waals surface area contributed by atoms with Gasteiger partial charge in [0.05, 0.1) is 22.7 Å². The maximum Gasteiger partial charge on any atom is 0.240 e. The van der Waals surface area contributed by atoms with Gasteiger partial charge in [-0.05, 0) is 44.7 Å². The summed E-state index contributed by atoms with van der Waals surface area (Å²) in [5.74, 6) is -0.337. The van der Waals surface area contributed by atoms with Gasteiger partial charge in [-0.15, -0.1) is 0 Å². The number of hydrogen-bond acceptors (Lipinski definition) is 5. The molecule has 3 heterocycles. The van der Waals surface area contributed by atoms with E-state index < -0.39 is 11.9 Å². The third-order valence-corrected chi connectivity index (χ3v) is 6.32. The molecule has 7 nitrogen and oxygen atoms in total. The summed E-state index contributed by atoms with van der Waals surface area (Å²) in [5, 5.41) is 5.31. The smallest absolute Gasteiger partial charge is 0.240 e. The minimum absolute atomic E-state index is 0.0918. The summed E-state index contributed by atoms with van der Waals surface area (Å²) in [6.07, 6.45) is 2.44. The molecule has 1 aliphatic rings. The molecule has 2 N–H and O–H groups in total. The van der Waals surface area contributed by atoms with Gasteiger partial charge in [0.1, 0.15) is 6.04 Å². The number of nitrogens with zero attached hydrogens (tertiary/aromatic N) is 4. The Kier molecular flexibility index (Phi) is 5.76. The van der Waals surface area contributed by atoms with Gasteiger partial charge in [0.15, 0.2) is 5.16 Å². The van der Waals surface area contributed by atoms with Gasteiger partial charge in [-0.25, -0.2) is 9.50 Å². The molecule has 1 aromatic carbocycles. The van der Waals surface area contributed by atoms with Gasteiger partial charge in [0.2, 0.25) is 11.8 Å². The van der Waals surface area contributed by atoms with Crippen LogP contribution in [0.4, 0.5) is 0 Å². The molecule has 156 valence electrons. The SMILES string of the molecule is Cc1cc(C)c2c(-c3ccccc3)nc(SCC(=O)N3CCCCC3C(N)=O)n2n1. The number of thioether (sulfide) groups is 1. The van der Waals surface area contributed by atoms with Crippen LogP contribution in [0.3, 0.4) is 0 Å². The molecule has 3 aromatic rings. The Balaban J connectivity index is 1.64. The lowest BCUT2D eigenvalue weighted by Crippen LogP contribution is -2.51. The van der Waals surface area contributed by atoms with Crippen molar-refractivity contribution < 1.29 is 9.59 Å². The molecule has 0 spiro atoms. The molecule has 2 aromatic heterocycles. The first-order valence-electron chi connectivity index (χ1n) is 10.1. The number of imidazole rings is 1. The molecule has 2 amide bonds. The highest BCUT2D eigenvalue weighted by Gasteiger charge is 2.30. The van der Waals surface area contributed by atoms with Crippen LogP contribution in [-0.2, 0) is 9.59 Å². The third-order valence-electron chi connectivity index (χ3n) is 5.40. The van der Waals surface area contributed by atoms with E-state index in [0.717, 1.165) is 40.9 Å². The molecular formula is C22H25N5O2S. The number of carbonyl (C=O) groups excluding carboxylic acids is 2. The van der Waals surface area contributed by atoms with Crippen LogP contribution in [0.5, 0.6) is 0 Å². The second kappa shape index (κ2) is 8.47. The summed E-state index contributed by atoms with van der Waals surface area (Å²) >= 11 is 1.34. The molecular weight excluding hydrogens is 398 g/mol. The van der Waals surface area contributed by atoms with Crippen molar-refractivity contribution in [3.8, 4) is 11.3 Å². The Morgan fingerprint density at radius 2 is 1.97 bits per heavy atom. The summed E-state index contributed by atoms with van der Waals surface area (Å²) in [6, 6.07) is 11.5. The predicted molar refractivity (Wildman–Crippen MR) is 117 cm³/mol. The topological polar surface area (TPSA) is 93.6 Å². The molecule has 1 atom stereocenters. The summed E-state index contributed by atoms with van der Waals surface area (Å²) in [4.78, 5) is 31.1.